The van der Waals surface area contributed by atoms with Gasteiger partial charge in [-0.05, 0) is 48.0 Å². The van der Waals surface area contributed by atoms with Gasteiger partial charge in [0, 0.05) is 29.2 Å². The molecule has 0 saturated carbocycles. The van der Waals surface area contributed by atoms with Crippen molar-refractivity contribution >= 4 is 38.9 Å². The predicted molar refractivity (Wildman–Crippen MR) is 115 cm³/mol. The summed E-state index contributed by atoms with van der Waals surface area (Å²) in [6.07, 6.45) is 5.12. The maximum atomic E-state index is 12.7. The highest BCUT2D eigenvalue weighted by Crippen LogP contribution is 2.32. The highest BCUT2D eigenvalue weighted by molar-refractivity contribution is 7.92. The third-order valence-electron chi connectivity index (χ3n) is 4.24. The van der Waals surface area contributed by atoms with Crippen LogP contribution in [0.15, 0.2) is 78.1 Å². The topological polar surface area (TPSA) is 87.7 Å². The van der Waals surface area contributed by atoms with Crippen LogP contribution in [0.1, 0.15) is 0 Å². The Labute approximate surface area is 177 Å². The maximum Gasteiger partial charge on any atom is 0.261 e. The van der Waals surface area contributed by atoms with Gasteiger partial charge in [0.2, 0.25) is 0 Å². The highest BCUT2D eigenvalue weighted by Gasteiger charge is 2.17. The van der Waals surface area contributed by atoms with Crippen LogP contribution in [-0.4, -0.2) is 23.6 Å². The number of benzene rings is 2. The van der Waals surface area contributed by atoms with Crippen LogP contribution in [-0.2, 0) is 10.0 Å². The first-order chi connectivity index (χ1) is 13.9. The molecule has 0 amide bonds. The van der Waals surface area contributed by atoms with Crippen LogP contribution in [0.3, 0.4) is 0 Å². The number of anilines is 1. The first-order valence-electron chi connectivity index (χ1n) is 8.46. The second-order valence-electron chi connectivity index (χ2n) is 6.16. The van der Waals surface area contributed by atoms with Crippen molar-refractivity contribution in [2.45, 2.75) is 4.90 Å². The normalized spacial score (nSPS) is 11.4. The number of pyridine rings is 1. The molecule has 0 aliphatic carbocycles. The van der Waals surface area contributed by atoms with Crippen molar-refractivity contribution in [3.63, 3.8) is 0 Å². The van der Waals surface area contributed by atoms with E-state index in [2.05, 4.69) is 19.9 Å². The number of hydrogen-bond acceptors (Lipinski definition) is 4. The molecular formula is C20H14Cl2N4O2S. The molecule has 0 spiro atoms. The average Bonchev–Trinajstić information content (AvgIpc) is 3.20. The molecule has 6 nitrogen and oxygen atoms in total. The minimum Gasteiger partial charge on any atom is -0.280 e. The predicted octanol–water partition coefficient (Wildman–Crippen LogP) is 5.25. The summed E-state index contributed by atoms with van der Waals surface area (Å²) >= 11 is 11.8. The van der Waals surface area contributed by atoms with Crippen molar-refractivity contribution in [2.24, 2.45) is 0 Å². The summed E-state index contributed by atoms with van der Waals surface area (Å²) in [6.45, 7) is 0. The molecule has 0 aliphatic heterocycles. The van der Waals surface area contributed by atoms with E-state index in [1.807, 2.05) is 18.2 Å². The van der Waals surface area contributed by atoms with E-state index in [0.717, 1.165) is 22.4 Å². The SMILES string of the molecule is O=S(=O)(Nc1cccc(-c2[nH]ncc2-c2ccncc2)c1)c1ccc(Cl)c(Cl)c1. The molecule has 2 heterocycles. The van der Waals surface area contributed by atoms with Crippen molar-refractivity contribution in [1.82, 2.24) is 15.2 Å². The van der Waals surface area contributed by atoms with Gasteiger partial charge < -0.3 is 0 Å². The van der Waals surface area contributed by atoms with Crippen LogP contribution in [0, 0.1) is 0 Å². The smallest absolute Gasteiger partial charge is 0.261 e. The number of rotatable bonds is 5. The largest absolute Gasteiger partial charge is 0.280 e. The Balaban J connectivity index is 1.67. The molecule has 0 fully saturated rings. The van der Waals surface area contributed by atoms with Crippen LogP contribution >= 0.6 is 23.2 Å². The Morgan fingerprint density at radius 3 is 2.45 bits per heavy atom. The summed E-state index contributed by atoms with van der Waals surface area (Å²) in [7, 11) is -3.83. The number of H-pyrrole nitrogens is 1. The lowest BCUT2D eigenvalue weighted by molar-refractivity contribution is 0.601. The van der Waals surface area contributed by atoms with Crippen molar-refractivity contribution < 1.29 is 8.42 Å². The Kier molecular flexibility index (Phi) is 5.27. The van der Waals surface area contributed by atoms with Crippen LogP contribution in [0.4, 0.5) is 5.69 Å². The number of sulfonamides is 1. The van der Waals surface area contributed by atoms with E-state index >= 15 is 0 Å². The Hall–Kier alpha value is -2.87. The Bertz CT molecular complexity index is 1270. The Morgan fingerprint density at radius 2 is 1.69 bits per heavy atom. The number of halogens is 2. The zero-order chi connectivity index (χ0) is 20.4. The molecule has 2 aromatic heterocycles. The summed E-state index contributed by atoms with van der Waals surface area (Å²) in [5.74, 6) is 0. The van der Waals surface area contributed by atoms with E-state index in [9.17, 15) is 8.42 Å². The molecule has 0 bridgehead atoms. The summed E-state index contributed by atoms with van der Waals surface area (Å²) in [5.41, 5.74) is 3.79. The fourth-order valence-corrected chi connectivity index (χ4v) is 4.29. The number of aromatic amines is 1. The number of aromatic nitrogens is 3. The fourth-order valence-electron chi connectivity index (χ4n) is 2.85. The molecule has 4 rings (SSSR count). The molecule has 0 radical (unpaired) electrons. The second-order valence-corrected chi connectivity index (χ2v) is 8.65. The minimum absolute atomic E-state index is 0.0244. The third kappa shape index (κ3) is 4.12. The summed E-state index contributed by atoms with van der Waals surface area (Å²) in [5, 5.41) is 7.57. The van der Waals surface area contributed by atoms with E-state index in [1.165, 1.54) is 18.2 Å². The summed E-state index contributed by atoms with van der Waals surface area (Å²) in [4.78, 5) is 4.05. The molecule has 2 aromatic carbocycles. The lowest BCUT2D eigenvalue weighted by atomic mass is 10.0. The average molecular weight is 445 g/mol. The quantitative estimate of drug-likeness (QED) is 0.440. The fraction of sp³-hybridized carbons (Fsp3) is 0. The van der Waals surface area contributed by atoms with Gasteiger partial charge in [0.25, 0.3) is 10.0 Å². The van der Waals surface area contributed by atoms with Crippen LogP contribution in [0.25, 0.3) is 22.4 Å². The third-order valence-corrected chi connectivity index (χ3v) is 6.35. The second kappa shape index (κ2) is 7.87. The van der Waals surface area contributed by atoms with Crippen molar-refractivity contribution in [2.75, 3.05) is 4.72 Å². The Morgan fingerprint density at radius 1 is 0.897 bits per heavy atom. The van der Waals surface area contributed by atoms with E-state index in [1.54, 1.807) is 36.8 Å². The van der Waals surface area contributed by atoms with Gasteiger partial charge in [-0.2, -0.15) is 5.10 Å². The summed E-state index contributed by atoms with van der Waals surface area (Å²) < 4.78 is 28.0. The summed E-state index contributed by atoms with van der Waals surface area (Å²) in [6, 6.07) is 14.9. The molecular weight excluding hydrogens is 431 g/mol. The first-order valence-corrected chi connectivity index (χ1v) is 10.7. The molecule has 146 valence electrons. The van der Waals surface area contributed by atoms with Gasteiger partial charge in [-0.15, -0.1) is 0 Å². The van der Waals surface area contributed by atoms with Gasteiger partial charge in [-0.3, -0.25) is 14.8 Å². The standard InChI is InChI=1S/C20H14Cl2N4O2S/c21-18-5-4-16(11-19(18)22)29(27,28)26-15-3-1-2-14(10-15)20-17(12-24-25-20)13-6-8-23-9-7-13/h1-12,26H,(H,24,25). The number of nitrogens with zero attached hydrogens (tertiary/aromatic N) is 2. The zero-order valence-electron chi connectivity index (χ0n) is 14.8. The monoisotopic (exact) mass is 444 g/mol. The van der Waals surface area contributed by atoms with E-state index in [4.69, 9.17) is 23.2 Å². The van der Waals surface area contributed by atoms with Gasteiger partial charge in [0.05, 0.1) is 26.8 Å². The molecule has 0 unspecified atom stereocenters. The van der Waals surface area contributed by atoms with Gasteiger partial charge in [-0.25, -0.2) is 8.42 Å². The van der Waals surface area contributed by atoms with E-state index < -0.39 is 10.0 Å². The number of nitrogens with one attached hydrogen (secondary N) is 2. The van der Waals surface area contributed by atoms with Crippen molar-refractivity contribution in [3.8, 4) is 22.4 Å². The minimum atomic E-state index is -3.83. The maximum absolute atomic E-state index is 12.7. The van der Waals surface area contributed by atoms with E-state index in [-0.39, 0.29) is 14.9 Å². The number of hydrogen-bond donors (Lipinski definition) is 2. The molecule has 0 saturated heterocycles. The van der Waals surface area contributed by atoms with Gasteiger partial charge in [0.1, 0.15) is 0 Å². The van der Waals surface area contributed by atoms with Crippen LogP contribution in [0.5, 0.6) is 0 Å². The molecule has 9 heteroatoms. The molecule has 0 aliphatic rings. The van der Waals surface area contributed by atoms with Gasteiger partial charge in [-0.1, -0.05) is 35.3 Å². The lowest BCUT2D eigenvalue weighted by Crippen LogP contribution is -2.13. The van der Waals surface area contributed by atoms with Crippen molar-refractivity contribution in [1.29, 1.82) is 0 Å². The lowest BCUT2D eigenvalue weighted by Gasteiger charge is -2.10. The van der Waals surface area contributed by atoms with Gasteiger partial charge >= 0.3 is 0 Å². The molecule has 0 atom stereocenters. The first kappa shape index (κ1) is 19.4. The van der Waals surface area contributed by atoms with E-state index in [0.29, 0.717) is 5.69 Å². The molecule has 2 N–H and O–H groups in total. The molecule has 29 heavy (non-hydrogen) atoms. The van der Waals surface area contributed by atoms with Crippen LogP contribution < -0.4 is 4.72 Å². The molecule has 4 aromatic rings. The van der Waals surface area contributed by atoms with Gasteiger partial charge in [0.15, 0.2) is 0 Å². The zero-order valence-corrected chi connectivity index (χ0v) is 17.1. The van der Waals surface area contributed by atoms with Crippen LogP contribution in [0.2, 0.25) is 10.0 Å². The van der Waals surface area contributed by atoms with Crippen molar-refractivity contribution in [3.05, 3.63) is 83.2 Å². The highest BCUT2D eigenvalue weighted by atomic mass is 35.5.